The second-order valence-electron chi connectivity index (χ2n) is 7.58. The Morgan fingerprint density at radius 3 is 2.34 bits per heavy atom. The number of carboxylic acid groups (broad SMARTS) is 1. The lowest BCUT2D eigenvalue weighted by Crippen LogP contribution is -2.47. The van der Waals surface area contributed by atoms with Gasteiger partial charge in [0, 0.05) is 77.6 Å². The first-order chi connectivity index (χ1) is 16.5. The summed E-state index contributed by atoms with van der Waals surface area (Å²) in [6.45, 7) is 5.84. The number of benzene rings is 1. The lowest BCUT2D eigenvalue weighted by molar-refractivity contribution is -0.192. The Labute approximate surface area is 201 Å². The number of methoxy groups -OCH3 is 1. The van der Waals surface area contributed by atoms with Gasteiger partial charge >= 0.3 is 12.1 Å². The average molecular weight is 505 g/mol. The molecule has 1 aromatic carbocycles. The molecule has 0 unspecified atom stereocenters. The molecule has 1 fully saturated rings. The van der Waals surface area contributed by atoms with Gasteiger partial charge in [-0.1, -0.05) is 6.07 Å². The molecule has 0 atom stereocenters. The van der Waals surface area contributed by atoms with E-state index in [0.29, 0.717) is 56.9 Å². The van der Waals surface area contributed by atoms with E-state index >= 15 is 0 Å². The lowest BCUT2D eigenvalue weighted by atomic mass is 10.1. The predicted octanol–water partition coefficient (Wildman–Crippen LogP) is 1.58. The average Bonchev–Trinajstić information content (AvgIpc) is 2.81. The minimum atomic E-state index is -5.08. The third-order valence-corrected chi connectivity index (χ3v) is 4.80. The van der Waals surface area contributed by atoms with Crippen LogP contribution in [0.25, 0.3) is 0 Å². The van der Waals surface area contributed by atoms with Gasteiger partial charge in [0.15, 0.2) is 0 Å². The SMILES string of the molecule is COCCCN(CCC(=O)N1CCNCC1)C(=O)c1cccc(NC(C)=O)c1.O=C(O)C(F)(F)F. The molecule has 10 nitrogen and oxygen atoms in total. The van der Waals surface area contributed by atoms with Gasteiger partial charge in [-0.25, -0.2) is 4.79 Å². The van der Waals surface area contributed by atoms with Crippen LogP contribution in [0.15, 0.2) is 24.3 Å². The first kappa shape index (κ1) is 29.8. The van der Waals surface area contributed by atoms with E-state index in [1.807, 2.05) is 4.90 Å². The number of nitrogens with zero attached hydrogens (tertiary/aromatic N) is 2. The highest BCUT2D eigenvalue weighted by Gasteiger charge is 2.38. The topological polar surface area (TPSA) is 128 Å². The number of halogens is 3. The summed E-state index contributed by atoms with van der Waals surface area (Å²) >= 11 is 0. The van der Waals surface area contributed by atoms with Gasteiger partial charge in [-0.15, -0.1) is 0 Å². The van der Waals surface area contributed by atoms with E-state index in [2.05, 4.69) is 10.6 Å². The number of anilines is 1. The summed E-state index contributed by atoms with van der Waals surface area (Å²) in [4.78, 5) is 49.1. The highest BCUT2D eigenvalue weighted by atomic mass is 19.4. The Kier molecular flexibility index (Phi) is 12.7. The fraction of sp³-hybridized carbons (Fsp3) is 0.545. The van der Waals surface area contributed by atoms with Crippen molar-refractivity contribution in [1.29, 1.82) is 0 Å². The molecule has 1 aliphatic rings. The van der Waals surface area contributed by atoms with E-state index in [0.717, 1.165) is 13.1 Å². The molecule has 0 bridgehead atoms. The largest absolute Gasteiger partial charge is 0.490 e. The smallest absolute Gasteiger partial charge is 0.475 e. The highest BCUT2D eigenvalue weighted by molar-refractivity contribution is 5.97. The van der Waals surface area contributed by atoms with Crippen LogP contribution in [0.4, 0.5) is 18.9 Å². The fourth-order valence-corrected chi connectivity index (χ4v) is 3.13. The molecule has 0 radical (unpaired) electrons. The van der Waals surface area contributed by atoms with Crippen LogP contribution >= 0.6 is 0 Å². The van der Waals surface area contributed by atoms with Gasteiger partial charge < -0.3 is 30.3 Å². The molecule has 0 aliphatic carbocycles. The molecule has 1 heterocycles. The number of alkyl halides is 3. The number of aliphatic carboxylic acids is 1. The summed E-state index contributed by atoms with van der Waals surface area (Å²) in [6.07, 6.45) is -4.10. The molecule has 3 amide bonds. The molecule has 35 heavy (non-hydrogen) atoms. The van der Waals surface area contributed by atoms with Crippen molar-refractivity contribution in [3.8, 4) is 0 Å². The number of hydrogen-bond acceptors (Lipinski definition) is 6. The minimum Gasteiger partial charge on any atom is -0.475 e. The molecule has 196 valence electrons. The van der Waals surface area contributed by atoms with E-state index in [-0.39, 0.29) is 17.7 Å². The molecule has 0 aromatic heterocycles. The number of hydrogen-bond donors (Lipinski definition) is 3. The van der Waals surface area contributed by atoms with Crippen molar-refractivity contribution in [2.45, 2.75) is 25.9 Å². The van der Waals surface area contributed by atoms with E-state index in [1.54, 1.807) is 36.3 Å². The van der Waals surface area contributed by atoms with Gasteiger partial charge in [0.2, 0.25) is 11.8 Å². The standard InChI is InChI=1S/C20H30N4O4.C2HF3O2/c1-16(25)22-18-6-3-5-17(15-18)20(27)24(10-4-14-28-2)11-7-19(26)23-12-8-21-9-13-23;3-2(4,5)1(6)7/h3,5-6,15,21H,4,7-14H2,1-2H3,(H,22,25);(H,6,7). The van der Waals surface area contributed by atoms with Gasteiger partial charge in [0.25, 0.3) is 5.91 Å². The van der Waals surface area contributed by atoms with Crippen molar-refractivity contribution < 1.29 is 42.2 Å². The molecule has 0 spiro atoms. The van der Waals surface area contributed by atoms with E-state index in [4.69, 9.17) is 14.6 Å². The maximum absolute atomic E-state index is 13.0. The van der Waals surface area contributed by atoms with Crippen LogP contribution in [0.5, 0.6) is 0 Å². The number of rotatable bonds is 9. The van der Waals surface area contributed by atoms with Crippen LogP contribution in [0.3, 0.4) is 0 Å². The third kappa shape index (κ3) is 11.7. The van der Waals surface area contributed by atoms with E-state index < -0.39 is 12.1 Å². The zero-order chi connectivity index (χ0) is 26.4. The second kappa shape index (κ2) is 14.9. The van der Waals surface area contributed by atoms with Crippen molar-refractivity contribution in [1.82, 2.24) is 15.1 Å². The number of nitrogens with one attached hydrogen (secondary N) is 2. The van der Waals surface area contributed by atoms with Crippen molar-refractivity contribution in [3.63, 3.8) is 0 Å². The van der Waals surface area contributed by atoms with Gasteiger partial charge in [0.05, 0.1) is 0 Å². The minimum absolute atomic E-state index is 0.0676. The summed E-state index contributed by atoms with van der Waals surface area (Å²) in [6, 6.07) is 6.85. The maximum atomic E-state index is 13.0. The van der Waals surface area contributed by atoms with Gasteiger partial charge in [-0.3, -0.25) is 14.4 Å². The van der Waals surface area contributed by atoms with Crippen LogP contribution in [0, 0.1) is 0 Å². The number of ether oxygens (including phenoxy) is 1. The summed E-state index contributed by atoms with van der Waals surface area (Å²) in [5, 5.41) is 13.0. The van der Waals surface area contributed by atoms with Gasteiger partial charge in [-0.2, -0.15) is 13.2 Å². The van der Waals surface area contributed by atoms with E-state index in [9.17, 15) is 27.6 Å². The number of carbonyl (C=O) groups is 4. The molecule has 3 N–H and O–H groups in total. The molecule has 2 rings (SSSR count). The zero-order valence-electron chi connectivity index (χ0n) is 19.7. The normalized spacial score (nSPS) is 13.3. The molecule has 0 saturated carbocycles. The molecular formula is C22H31F3N4O6. The first-order valence-corrected chi connectivity index (χ1v) is 10.9. The van der Waals surface area contributed by atoms with Crippen molar-refractivity contribution in [2.24, 2.45) is 0 Å². The van der Waals surface area contributed by atoms with Crippen LogP contribution in [-0.4, -0.2) is 97.8 Å². The number of carbonyl (C=O) groups excluding carboxylic acids is 3. The summed E-state index contributed by atoms with van der Waals surface area (Å²) < 4.78 is 36.8. The van der Waals surface area contributed by atoms with Crippen LogP contribution in [0.1, 0.15) is 30.1 Å². The molecule has 13 heteroatoms. The van der Waals surface area contributed by atoms with Gasteiger partial charge in [0.1, 0.15) is 0 Å². The highest BCUT2D eigenvalue weighted by Crippen LogP contribution is 2.14. The molecule has 1 aromatic rings. The van der Waals surface area contributed by atoms with Crippen LogP contribution < -0.4 is 10.6 Å². The third-order valence-electron chi connectivity index (χ3n) is 4.80. The Balaban J connectivity index is 0.000000762. The quantitative estimate of drug-likeness (QED) is 0.436. The second-order valence-corrected chi connectivity index (χ2v) is 7.58. The Hall–Kier alpha value is -3.19. The monoisotopic (exact) mass is 504 g/mol. The summed E-state index contributed by atoms with van der Waals surface area (Å²) in [7, 11) is 1.62. The Morgan fingerprint density at radius 2 is 1.80 bits per heavy atom. The molecule has 1 saturated heterocycles. The predicted molar refractivity (Wildman–Crippen MR) is 121 cm³/mol. The lowest BCUT2D eigenvalue weighted by Gasteiger charge is -2.29. The Morgan fingerprint density at radius 1 is 1.17 bits per heavy atom. The number of amides is 3. The number of piperazine rings is 1. The summed E-state index contributed by atoms with van der Waals surface area (Å²) in [5.74, 6) is -3.04. The van der Waals surface area contributed by atoms with Crippen molar-refractivity contribution in [3.05, 3.63) is 29.8 Å². The summed E-state index contributed by atoms with van der Waals surface area (Å²) in [5.41, 5.74) is 1.06. The van der Waals surface area contributed by atoms with Crippen LogP contribution in [-0.2, 0) is 19.1 Å². The van der Waals surface area contributed by atoms with Crippen molar-refractivity contribution in [2.75, 3.05) is 58.3 Å². The molecule has 1 aliphatic heterocycles. The van der Waals surface area contributed by atoms with Crippen LogP contribution in [0.2, 0.25) is 0 Å². The van der Waals surface area contributed by atoms with E-state index in [1.165, 1.54) is 6.92 Å². The first-order valence-electron chi connectivity index (χ1n) is 10.9. The Bertz CT molecular complexity index is 860. The fourth-order valence-electron chi connectivity index (χ4n) is 3.13. The van der Waals surface area contributed by atoms with Crippen molar-refractivity contribution >= 4 is 29.4 Å². The molecular weight excluding hydrogens is 473 g/mol. The van der Waals surface area contributed by atoms with Gasteiger partial charge in [-0.05, 0) is 24.6 Å². The zero-order valence-corrected chi connectivity index (χ0v) is 19.7. The maximum Gasteiger partial charge on any atom is 0.490 e. The number of carboxylic acids is 1.